The summed E-state index contributed by atoms with van der Waals surface area (Å²) < 4.78 is 28.2. The standard InChI is InChI=1S/C18H22F2N4O/c1-11(15-13(19)7-6-8-14(15)20)16-12(2)17(25)22-18(21-16)23-24-9-4-3-5-10-24/h6-8,11H,3-5,9-10H2,1-2H3,(H2,21,22,23,25). The highest BCUT2D eigenvalue weighted by Crippen LogP contribution is 2.28. The van der Waals surface area contributed by atoms with Crippen LogP contribution in [0.25, 0.3) is 0 Å². The van der Waals surface area contributed by atoms with Crippen LogP contribution in [-0.2, 0) is 0 Å². The fourth-order valence-corrected chi connectivity index (χ4v) is 3.24. The molecular formula is C18H22F2N4O. The molecule has 1 saturated heterocycles. The zero-order valence-corrected chi connectivity index (χ0v) is 14.4. The van der Waals surface area contributed by atoms with Crippen molar-refractivity contribution in [2.24, 2.45) is 0 Å². The van der Waals surface area contributed by atoms with Crippen molar-refractivity contribution >= 4 is 5.95 Å². The van der Waals surface area contributed by atoms with E-state index < -0.39 is 17.6 Å². The van der Waals surface area contributed by atoms with Gasteiger partial charge in [-0.25, -0.2) is 18.8 Å². The monoisotopic (exact) mass is 348 g/mol. The van der Waals surface area contributed by atoms with Crippen LogP contribution in [0.15, 0.2) is 23.0 Å². The van der Waals surface area contributed by atoms with Crippen LogP contribution >= 0.6 is 0 Å². The molecule has 2 N–H and O–H groups in total. The van der Waals surface area contributed by atoms with Crippen LogP contribution in [0.4, 0.5) is 14.7 Å². The van der Waals surface area contributed by atoms with Gasteiger partial charge in [0.1, 0.15) is 11.6 Å². The summed E-state index contributed by atoms with van der Waals surface area (Å²) in [5, 5.41) is 2.00. The van der Waals surface area contributed by atoms with E-state index in [9.17, 15) is 13.6 Å². The van der Waals surface area contributed by atoms with Gasteiger partial charge >= 0.3 is 0 Å². The number of benzene rings is 1. The number of H-pyrrole nitrogens is 1. The minimum absolute atomic E-state index is 0.0763. The van der Waals surface area contributed by atoms with Crippen molar-refractivity contribution in [2.75, 3.05) is 18.5 Å². The molecule has 1 aromatic carbocycles. The van der Waals surface area contributed by atoms with Crippen molar-refractivity contribution in [1.29, 1.82) is 0 Å². The molecule has 1 aromatic heterocycles. The summed E-state index contributed by atoms with van der Waals surface area (Å²) in [6, 6.07) is 3.75. The second-order valence-corrected chi connectivity index (χ2v) is 6.44. The highest BCUT2D eigenvalue weighted by atomic mass is 19.1. The number of piperidine rings is 1. The Labute approximate surface area is 145 Å². The zero-order chi connectivity index (χ0) is 18.0. The average molecular weight is 348 g/mol. The molecule has 2 aromatic rings. The maximum Gasteiger partial charge on any atom is 0.255 e. The van der Waals surface area contributed by atoms with Crippen LogP contribution < -0.4 is 11.0 Å². The lowest BCUT2D eigenvalue weighted by molar-refractivity contribution is 0.271. The lowest BCUT2D eigenvalue weighted by Gasteiger charge is -2.27. The number of hydrogen-bond acceptors (Lipinski definition) is 4. The molecular weight excluding hydrogens is 326 g/mol. The highest BCUT2D eigenvalue weighted by Gasteiger charge is 2.23. The first-order chi connectivity index (χ1) is 12.0. The summed E-state index contributed by atoms with van der Waals surface area (Å²) in [5.41, 5.74) is 3.44. The minimum atomic E-state index is -0.676. The van der Waals surface area contributed by atoms with Gasteiger partial charge in [0.2, 0.25) is 5.95 Å². The number of aromatic nitrogens is 2. The predicted molar refractivity (Wildman–Crippen MR) is 92.5 cm³/mol. The molecule has 0 radical (unpaired) electrons. The average Bonchev–Trinajstić information content (AvgIpc) is 2.58. The number of halogens is 2. The van der Waals surface area contributed by atoms with E-state index >= 15 is 0 Å². The van der Waals surface area contributed by atoms with Gasteiger partial charge < -0.3 is 0 Å². The summed E-state index contributed by atoms with van der Waals surface area (Å²) in [7, 11) is 0. The van der Waals surface area contributed by atoms with Gasteiger partial charge in [0, 0.05) is 30.1 Å². The van der Waals surface area contributed by atoms with Crippen LogP contribution in [0.1, 0.15) is 48.9 Å². The van der Waals surface area contributed by atoms with Crippen molar-refractivity contribution in [1.82, 2.24) is 15.0 Å². The van der Waals surface area contributed by atoms with Crippen molar-refractivity contribution in [3.63, 3.8) is 0 Å². The van der Waals surface area contributed by atoms with Crippen LogP contribution in [0.3, 0.4) is 0 Å². The molecule has 25 heavy (non-hydrogen) atoms. The molecule has 3 rings (SSSR count). The molecule has 0 saturated carbocycles. The fourth-order valence-electron chi connectivity index (χ4n) is 3.24. The topological polar surface area (TPSA) is 61.0 Å². The molecule has 7 heteroatoms. The summed E-state index contributed by atoms with van der Waals surface area (Å²) in [6.45, 7) is 5.00. The molecule has 1 fully saturated rings. The van der Waals surface area contributed by atoms with E-state index in [1.807, 2.05) is 5.01 Å². The van der Waals surface area contributed by atoms with E-state index in [0.717, 1.165) is 25.9 Å². The smallest absolute Gasteiger partial charge is 0.255 e. The number of hydrogen-bond donors (Lipinski definition) is 2. The Morgan fingerprint density at radius 3 is 2.48 bits per heavy atom. The molecule has 0 aliphatic carbocycles. The van der Waals surface area contributed by atoms with Crippen LogP contribution in [-0.4, -0.2) is 28.1 Å². The Balaban J connectivity index is 1.96. The van der Waals surface area contributed by atoms with Crippen molar-refractivity contribution in [3.05, 3.63) is 57.0 Å². The largest absolute Gasteiger partial charge is 0.291 e. The van der Waals surface area contributed by atoms with E-state index in [1.165, 1.54) is 24.6 Å². The first-order valence-electron chi connectivity index (χ1n) is 8.53. The molecule has 0 bridgehead atoms. The van der Waals surface area contributed by atoms with Gasteiger partial charge in [-0.1, -0.05) is 19.4 Å². The number of rotatable bonds is 4. The lowest BCUT2D eigenvalue weighted by Crippen LogP contribution is -2.36. The molecule has 1 unspecified atom stereocenters. The Morgan fingerprint density at radius 1 is 1.20 bits per heavy atom. The molecule has 2 heterocycles. The van der Waals surface area contributed by atoms with E-state index in [4.69, 9.17) is 0 Å². The summed E-state index contributed by atoms with van der Waals surface area (Å²) in [4.78, 5) is 19.4. The van der Waals surface area contributed by atoms with Gasteiger partial charge in [-0.3, -0.25) is 15.2 Å². The maximum atomic E-state index is 14.1. The van der Waals surface area contributed by atoms with Crippen molar-refractivity contribution in [3.8, 4) is 0 Å². The minimum Gasteiger partial charge on any atom is -0.291 e. The molecule has 5 nitrogen and oxygen atoms in total. The lowest BCUT2D eigenvalue weighted by atomic mass is 9.94. The predicted octanol–water partition coefficient (Wildman–Crippen LogP) is 3.32. The molecule has 134 valence electrons. The summed E-state index contributed by atoms with van der Waals surface area (Å²) in [5.74, 6) is -1.65. The maximum absolute atomic E-state index is 14.1. The van der Waals surface area contributed by atoms with Gasteiger partial charge in [-0.15, -0.1) is 0 Å². The summed E-state index contributed by atoms with van der Waals surface area (Å²) >= 11 is 0. The summed E-state index contributed by atoms with van der Waals surface area (Å²) in [6.07, 6.45) is 3.34. The highest BCUT2D eigenvalue weighted by molar-refractivity contribution is 5.37. The number of hydrazine groups is 1. The second-order valence-electron chi connectivity index (χ2n) is 6.44. The molecule has 1 aliphatic heterocycles. The second kappa shape index (κ2) is 7.31. The van der Waals surface area contributed by atoms with Crippen LogP contribution in [0, 0.1) is 18.6 Å². The van der Waals surface area contributed by atoms with Gasteiger partial charge in [0.05, 0.1) is 5.69 Å². The number of nitrogens with zero attached hydrogens (tertiary/aromatic N) is 2. The first-order valence-corrected chi connectivity index (χ1v) is 8.53. The normalized spacial score (nSPS) is 16.6. The van der Waals surface area contributed by atoms with Crippen molar-refractivity contribution in [2.45, 2.75) is 39.0 Å². The third kappa shape index (κ3) is 3.71. The van der Waals surface area contributed by atoms with Gasteiger partial charge in [0.25, 0.3) is 5.56 Å². The quantitative estimate of drug-likeness (QED) is 0.890. The third-order valence-electron chi connectivity index (χ3n) is 4.65. The van der Waals surface area contributed by atoms with Gasteiger partial charge in [0.15, 0.2) is 0 Å². The zero-order valence-electron chi connectivity index (χ0n) is 14.4. The number of nitrogens with one attached hydrogen (secondary N) is 2. The fraction of sp³-hybridized carbons (Fsp3) is 0.444. The number of aromatic amines is 1. The molecule has 1 atom stereocenters. The van der Waals surface area contributed by atoms with Gasteiger partial charge in [-0.2, -0.15) is 0 Å². The molecule has 0 spiro atoms. The van der Waals surface area contributed by atoms with Crippen molar-refractivity contribution < 1.29 is 8.78 Å². The Hall–Kier alpha value is -2.28. The van der Waals surface area contributed by atoms with E-state index in [2.05, 4.69) is 15.4 Å². The molecule has 1 aliphatic rings. The first kappa shape index (κ1) is 17.5. The molecule has 0 amide bonds. The Morgan fingerprint density at radius 2 is 1.84 bits per heavy atom. The number of anilines is 1. The van der Waals surface area contributed by atoms with E-state index in [1.54, 1.807) is 13.8 Å². The van der Waals surface area contributed by atoms with E-state index in [0.29, 0.717) is 17.2 Å². The third-order valence-corrected chi connectivity index (χ3v) is 4.65. The van der Waals surface area contributed by atoms with E-state index in [-0.39, 0.29) is 11.1 Å². The SMILES string of the molecule is Cc1c(C(C)c2c(F)cccc2F)nc(NN2CCCCC2)[nH]c1=O. The van der Waals surface area contributed by atoms with Gasteiger partial charge in [-0.05, 0) is 31.9 Å². The Kier molecular flexibility index (Phi) is 5.13. The Bertz CT molecular complexity index is 795. The van der Waals surface area contributed by atoms with Crippen LogP contribution in [0.2, 0.25) is 0 Å². The van der Waals surface area contributed by atoms with Crippen LogP contribution in [0.5, 0.6) is 0 Å².